The summed E-state index contributed by atoms with van der Waals surface area (Å²) < 4.78 is 34.7. The molecule has 0 saturated heterocycles. The van der Waals surface area contributed by atoms with Crippen LogP contribution in [0.1, 0.15) is 64.2 Å². The molecule has 3 N–H and O–H groups in total. The van der Waals surface area contributed by atoms with E-state index in [2.05, 4.69) is 9.71 Å². The number of aromatic hydroxyl groups is 1. The zero-order chi connectivity index (χ0) is 30.9. The first-order valence-electron chi connectivity index (χ1n) is 13.8. The molecule has 2 heterocycles. The van der Waals surface area contributed by atoms with Crippen LogP contribution in [0, 0.1) is 12.8 Å². The van der Waals surface area contributed by atoms with Crippen LogP contribution in [0.15, 0.2) is 81.4 Å². The summed E-state index contributed by atoms with van der Waals surface area (Å²) in [5, 5.41) is 20.7. The zero-order valence-electron chi connectivity index (χ0n) is 24.8. The highest BCUT2D eigenvalue weighted by Crippen LogP contribution is 2.46. The average molecular weight is 611 g/mol. The fourth-order valence-corrected chi connectivity index (χ4v) is 7.21. The van der Waals surface area contributed by atoms with E-state index in [0.29, 0.717) is 24.1 Å². The third kappa shape index (κ3) is 6.93. The highest BCUT2D eigenvalue weighted by atomic mass is 32.2. The molecular formula is C32H38N2O6S2. The number of aliphatic hydroxyl groups excluding tert-OH is 1. The molecule has 0 spiro atoms. The van der Waals surface area contributed by atoms with Crippen molar-refractivity contribution in [3.63, 3.8) is 0 Å². The number of aryl methyl sites for hydroxylation is 2. The van der Waals surface area contributed by atoms with Crippen molar-refractivity contribution >= 4 is 33.4 Å². The maximum Gasteiger partial charge on any atom is 0.349 e. The van der Waals surface area contributed by atoms with Gasteiger partial charge in [-0.1, -0.05) is 64.6 Å². The van der Waals surface area contributed by atoms with Gasteiger partial charge in [0.1, 0.15) is 22.0 Å². The number of rotatable bonds is 9. The lowest BCUT2D eigenvalue weighted by atomic mass is 9.80. The van der Waals surface area contributed by atoms with Gasteiger partial charge in [0.15, 0.2) is 5.03 Å². The van der Waals surface area contributed by atoms with Gasteiger partial charge in [0.25, 0.3) is 10.0 Å². The second-order valence-electron chi connectivity index (χ2n) is 12.0. The summed E-state index contributed by atoms with van der Waals surface area (Å²) in [6.07, 6.45) is 2.74. The van der Waals surface area contributed by atoms with Crippen LogP contribution in [-0.2, 0) is 31.4 Å². The summed E-state index contributed by atoms with van der Waals surface area (Å²) >= 11 is 1.14. The van der Waals surface area contributed by atoms with Crippen LogP contribution in [-0.4, -0.2) is 35.2 Å². The third-order valence-electron chi connectivity index (χ3n) is 7.54. The van der Waals surface area contributed by atoms with E-state index in [1.165, 1.54) is 12.3 Å². The lowest BCUT2D eigenvalue weighted by molar-refractivity contribution is -0.164. The van der Waals surface area contributed by atoms with Crippen LogP contribution < -0.4 is 4.72 Å². The molecule has 1 aliphatic heterocycles. The van der Waals surface area contributed by atoms with Crippen molar-refractivity contribution in [2.24, 2.45) is 5.92 Å². The number of sulfonamides is 1. The van der Waals surface area contributed by atoms with Crippen LogP contribution in [0.3, 0.4) is 0 Å². The van der Waals surface area contributed by atoms with Crippen molar-refractivity contribution in [3.8, 4) is 5.75 Å². The van der Waals surface area contributed by atoms with E-state index in [0.717, 1.165) is 27.8 Å². The average Bonchev–Trinajstić information content (AvgIpc) is 2.91. The molecule has 3 aromatic rings. The number of anilines is 1. The Kier molecular flexibility index (Phi) is 8.99. The molecule has 0 amide bonds. The molecule has 2 aromatic carbocycles. The standard InChI is InChI=1S/C32H38N2O6S2/c1-20(2)32(15-14-22-10-12-23(35)13-11-22)19-26(36)29(30(37)40-32)41-27-17-21(3)25(18-24(27)31(4,5)6)34-42(38,39)28-9-7-8-16-33-28/h7-13,16-18,20,34-36H,14-15,19H2,1-6H3. The predicted molar refractivity (Wildman–Crippen MR) is 165 cm³/mol. The number of nitrogens with one attached hydrogen (secondary N) is 1. The molecule has 1 unspecified atom stereocenters. The molecule has 8 nitrogen and oxygen atoms in total. The van der Waals surface area contributed by atoms with Crippen LogP contribution in [0.5, 0.6) is 5.75 Å². The van der Waals surface area contributed by atoms with Gasteiger partial charge >= 0.3 is 5.97 Å². The number of phenolic OH excluding ortho intramolecular Hbond substituents is 1. The lowest BCUT2D eigenvalue weighted by Gasteiger charge is -2.40. The fourth-order valence-electron chi connectivity index (χ4n) is 4.89. The minimum Gasteiger partial charge on any atom is -0.511 e. The smallest absolute Gasteiger partial charge is 0.349 e. The fraction of sp³-hybridized carbons (Fsp3) is 0.375. The monoisotopic (exact) mass is 610 g/mol. The molecular weight excluding hydrogens is 572 g/mol. The van der Waals surface area contributed by atoms with Crippen LogP contribution in [0.4, 0.5) is 5.69 Å². The summed E-state index contributed by atoms with van der Waals surface area (Å²) in [5.74, 6) is -0.466. The highest BCUT2D eigenvalue weighted by Gasteiger charge is 2.44. The molecule has 0 aliphatic carbocycles. The number of aromatic nitrogens is 1. The van der Waals surface area contributed by atoms with E-state index in [1.807, 2.05) is 52.8 Å². The first-order chi connectivity index (χ1) is 19.6. The summed E-state index contributed by atoms with van der Waals surface area (Å²) in [6.45, 7) is 11.7. The van der Waals surface area contributed by atoms with Crippen molar-refractivity contribution in [2.75, 3.05) is 4.72 Å². The molecule has 0 bridgehead atoms. The number of phenols is 1. The number of hydrogen-bond acceptors (Lipinski definition) is 8. The first kappa shape index (κ1) is 31.4. The summed E-state index contributed by atoms with van der Waals surface area (Å²) in [7, 11) is -3.91. The number of aliphatic hydroxyl groups is 1. The Labute approximate surface area is 252 Å². The molecule has 42 heavy (non-hydrogen) atoms. The van der Waals surface area contributed by atoms with E-state index in [1.54, 1.807) is 37.3 Å². The molecule has 1 atom stereocenters. The maximum absolute atomic E-state index is 13.4. The Morgan fingerprint density at radius 2 is 1.79 bits per heavy atom. The number of nitrogens with zero attached hydrogens (tertiary/aromatic N) is 1. The van der Waals surface area contributed by atoms with Gasteiger partial charge in [-0.05, 0) is 84.2 Å². The van der Waals surface area contributed by atoms with Gasteiger partial charge in [-0.15, -0.1) is 0 Å². The molecule has 0 saturated carbocycles. The number of pyridine rings is 1. The SMILES string of the molecule is Cc1cc(SC2=C(O)CC(CCc3ccc(O)cc3)(C(C)C)OC2=O)c(C(C)(C)C)cc1NS(=O)(=O)c1ccccn1. The second-order valence-corrected chi connectivity index (χ2v) is 14.7. The van der Waals surface area contributed by atoms with Crippen LogP contribution in [0.25, 0.3) is 0 Å². The maximum atomic E-state index is 13.4. The van der Waals surface area contributed by atoms with Crippen molar-refractivity contribution in [3.05, 3.63) is 88.1 Å². The van der Waals surface area contributed by atoms with Gasteiger partial charge in [0, 0.05) is 17.5 Å². The number of carbonyl (C=O) groups is 1. The van der Waals surface area contributed by atoms with E-state index < -0.39 is 27.0 Å². The topological polar surface area (TPSA) is 126 Å². The number of hydrogen-bond donors (Lipinski definition) is 3. The molecule has 224 valence electrons. The van der Waals surface area contributed by atoms with Gasteiger partial charge in [-0.2, -0.15) is 8.42 Å². The number of benzene rings is 2. The van der Waals surface area contributed by atoms with Gasteiger partial charge in [0.2, 0.25) is 0 Å². The van der Waals surface area contributed by atoms with Gasteiger partial charge in [-0.25, -0.2) is 9.78 Å². The Morgan fingerprint density at radius 3 is 2.36 bits per heavy atom. The second kappa shape index (κ2) is 12.0. The Morgan fingerprint density at radius 1 is 1.10 bits per heavy atom. The number of cyclic esters (lactones) is 1. The largest absolute Gasteiger partial charge is 0.511 e. The van der Waals surface area contributed by atoms with E-state index >= 15 is 0 Å². The normalized spacial score (nSPS) is 17.8. The molecule has 1 aromatic heterocycles. The van der Waals surface area contributed by atoms with E-state index in [4.69, 9.17) is 4.74 Å². The molecule has 1 aliphatic rings. The highest BCUT2D eigenvalue weighted by molar-refractivity contribution is 8.04. The lowest BCUT2D eigenvalue weighted by Crippen LogP contribution is -2.44. The molecule has 0 fully saturated rings. The van der Waals surface area contributed by atoms with Gasteiger partial charge in [-0.3, -0.25) is 4.72 Å². The van der Waals surface area contributed by atoms with Crippen molar-refractivity contribution in [1.82, 2.24) is 4.98 Å². The molecule has 4 rings (SSSR count). The van der Waals surface area contributed by atoms with E-state index in [9.17, 15) is 23.4 Å². The quantitative estimate of drug-likeness (QED) is 0.221. The zero-order valence-corrected chi connectivity index (χ0v) is 26.4. The summed E-state index contributed by atoms with van der Waals surface area (Å²) in [6, 6.07) is 15.2. The van der Waals surface area contributed by atoms with Crippen molar-refractivity contribution in [1.29, 1.82) is 0 Å². The molecule has 10 heteroatoms. The summed E-state index contributed by atoms with van der Waals surface area (Å²) in [5.41, 5.74) is 1.57. The number of thioether (sulfide) groups is 1. The Hall–Kier alpha value is -3.50. The summed E-state index contributed by atoms with van der Waals surface area (Å²) in [4.78, 5) is 18.3. The molecule has 0 radical (unpaired) electrons. The van der Waals surface area contributed by atoms with Crippen LogP contribution >= 0.6 is 11.8 Å². The Balaban J connectivity index is 1.64. The number of carbonyl (C=O) groups excluding carboxylic acids is 1. The number of esters is 1. The van der Waals surface area contributed by atoms with E-state index in [-0.39, 0.29) is 33.8 Å². The first-order valence-corrected chi connectivity index (χ1v) is 16.1. The number of ether oxygens (including phenoxy) is 1. The van der Waals surface area contributed by atoms with Gasteiger partial charge < -0.3 is 14.9 Å². The van der Waals surface area contributed by atoms with Crippen LogP contribution in [0.2, 0.25) is 0 Å². The van der Waals surface area contributed by atoms with Crippen molar-refractivity contribution < 1.29 is 28.2 Å². The van der Waals surface area contributed by atoms with Crippen molar-refractivity contribution in [2.45, 2.75) is 81.7 Å². The minimum atomic E-state index is -3.91. The minimum absolute atomic E-state index is 0.0203. The third-order valence-corrected chi connectivity index (χ3v) is 9.98. The predicted octanol–water partition coefficient (Wildman–Crippen LogP) is 7.03. The van der Waals surface area contributed by atoms with Gasteiger partial charge in [0.05, 0.1) is 5.69 Å². The Bertz CT molecular complexity index is 1590.